The normalized spacial score (nSPS) is 11.3. The van der Waals surface area contributed by atoms with Crippen molar-refractivity contribution < 1.29 is 4.74 Å². The maximum Gasteiger partial charge on any atom is 0.280 e. The van der Waals surface area contributed by atoms with Crippen LogP contribution in [0.2, 0.25) is 6.04 Å². The van der Waals surface area contributed by atoms with E-state index in [9.17, 15) is 0 Å². The fourth-order valence-electron chi connectivity index (χ4n) is 1.83. The maximum atomic E-state index is 6.49. The molecule has 0 radical (unpaired) electrons. The molecule has 2 aromatic carbocycles. The molecule has 0 saturated carbocycles. The summed E-state index contributed by atoms with van der Waals surface area (Å²) < 4.78 is 5.64. The van der Waals surface area contributed by atoms with Crippen molar-refractivity contribution in [2.24, 2.45) is 0 Å². The van der Waals surface area contributed by atoms with Gasteiger partial charge in [-0.2, -0.15) is 0 Å². The van der Waals surface area contributed by atoms with Crippen molar-refractivity contribution >= 4 is 34.0 Å². The Hall–Kier alpha value is -0.963. The van der Waals surface area contributed by atoms with Gasteiger partial charge in [0.2, 0.25) is 0 Å². The van der Waals surface area contributed by atoms with E-state index in [0.717, 1.165) is 23.4 Å². The third-order valence-electron chi connectivity index (χ3n) is 2.84. The summed E-state index contributed by atoms with van der Waals surface area (Å²) in [4.78, 5) is 0. The fourth-order valence-corrected chi connectivity index (χ4v) is 4.94. The summed E-state index contributed by atoms with van der Waals surface area (Å²) in [7, 11) is 0. The second-order valence-electron chi connectivity index (χ2n) is 4.34. The van der Waals surface area contributed by atoms with E-state index in [2.05, 4.69) is 0 Å². The zero-order valence-corrected chi connectivity index (χ0v) is 13.1. The van der Waals surface area contributed by atoms with Crippen LogP contribution in [0.1, 0.15) is 6.42 Å². The number of ether oxygens (including phenoxy) is 1. The summed E-state index contributed by atoms with van der Waals surface area (Å²) in [5, 5.41) is 1.07. The molecule has 0 bridgehead atoms. The molecule has 0 atom stereocenters. The van der Waals surface area contributed by atoms with Crippen molar-refractivity contribution in [2.45, 2.75) is 12.5 Å². The zero-order chi connectivity index (χ0) is 13.6. The Bertz CT molecular complexity index is 488. The van der Waals surface area contributed by atoms with E-state index in [1.54, 1.807) is 0 Å². The monoisotopic (exact) mass is 310 g/mol. The first kappa shape index (κ1) is 14.4. The molecule has 0 saturated heterocycles. The molecule has 0 amide bonds. The Kier molecular flexibility index (Phi) is 5.31. The van der Waals surface area contributed by atoms with Crippen LogP contribution in [0.25, 0.3) is 0 Å². The van der Waals surface area contributed by atoms with E-state index < -0.39 is 6.69 Å². The van der Waals surface area contributed by atoms with E-state index in [0.29, 0.717) is 6.61 Å². The average Bonchev–Trinajstić information content (AvgIpc) is 2.46. The Balaban J connectivity index is 1.79. The molecule has 2 rings (SSSR count). The summed E-state index contributed by atoms with van der Waals surface area (Å²) in [5.74, 6) is 0.888. The van der Waals surface area contributed by atoms with Gasteiger partial charge in [0.15, 0.2) is 0 Å². The lowest BCUT2D eigenvalue weighted by molar-refractivity contribution is 0.317. The van der Waals surface area contributed by atoms with Gasteiger partial charge in [-0.05, 0) is 29.8 Å². The van der Waals surface area contributed by atoms with Crippen LogP contribution in [0.5, 0.6) is 5.75 Å². The van der Waals surface area contributed by atoms with E-state index in [4.69, 9.17) is 26.9 Å². The van der Waals surface area contributed by atoms with Crippen LogP contribution in [0, 0.1) is 0 Å². The molecule has 1 nitrogen and oxygen atoms in total. The average molecular weight is 311 g/mol. The Morgan fingerprint density at radius 1 is 0.842 bits per heavy atom. The lowest BCUT2D eigenvalue weighted by Crippen LogP contribution is -2.36. The van der Waals surface area contributed by atoms with Crippen LogP contribution in [-0.4, -0.2) is 13.3 Å². The molecule has 4 heteroatoms. The van der Waals surface area contributed by atoms with Crippen molar-refractivity contribution in [2.75, 3.05) is 6.61 Å². The largest absolute Gasteiger partial charge is 0.494 e. The van der Waals surface area contributed by atoms with Gasteiger partial charge in [-0.3, -0.25) is 0 Å². The van der Waals surface area contributed by atoms with Crippen molar-refractivity contribution in [1.29, 1.82) is 0 Å². The summed E-state index contributed by atoms with van der Waals surface area (Å²) in [5.41, 5.74) is 0. The summed E-state index contributed by atoms with van der Waals surface area (Å²) in [6.07, 6.45) is 0.864. The Morgan fingerprint density at radius 2 is 1.42 bits per heavy atom. The number of hydrogen-bond donors (Lipinski definition) is 0. The maximum absolute atomic E-state index is 6.49. The van der Waals surface area contributed by atoms with Crippen LogP contribution in [-0.2, 0) is 0 Å². The number of hydrogen-bond acceptors (Lipinski definition) is 1. The minimum atomic E-state index is -2.35. The van der Waals surface area contributed by atoms with E-state index in [-0.39, 0.29) is 0 Å². The molecule has 0 N–H and O–H groups in total. The topological polar surface area (TPSA) is 9.23 Å². The number of halogens is 2. The number of rotatable bonds is 6. The van der Waals surface area contributed by atoms with Gasteiger partial charge in [0.05, 0.1) is 6.61 Å². The molecule has 0 aliphatic heterocycles. The van der Waals surface area contributed by atoms with Crippen LogP contribution < -0.4 is 9.92 Å². The molecule has 0 aliphatic rings. The molecule has 0 unspecified atom stereocenters. The number of benzene rings is 2. The van der Waals surface area contributed by atoms with E-state index in [1.165, 1.54) is 0 Å². The van der Waals surface area contributed by atoms with E-state index in [1.807, 2.05) is 60.7 Å². The highest BCUT2D eigenvalue weighted by Crippen LogP contribution is 2.22. The third-order valence-corrected chi connectivity index (χ3v) is 7.45. The van der Waals surface area contributed by atoms with Gasteiger partial charge in [-0.15, -0.1) is 22.2 Å². The van der Waals surface area contributed by atoms with Crippen molar-refractivity contribution in [3.05, 3.63) is 60.7 Å². The molecule has 0 heterocycles. The minimum absolute atomic E-state index is 0.644. The highest BCUT2D eigenvalue weighted by Gasteiger charge is 2.29. The van der Waals surface area contributed by atoms with E-state index >= 15 is 0 Å². The van der Waals surface area contributed by atoms with Gasteiger partial charge in [0, 0.05) is 0 Å². The SMILES string of the molecule is Cl[Si](Cl)(CCCOc1ccccc1)c1ccccc1. The third kappa shape index (κ3) is 4.57. The molecule has 19 heavy (non-hydrogen) atoms. The fraction of sp³-hybridized carbons (Fsp3) is 0.200. The molecule has 0 spiro atoms. The minimum Gasteiger partial charge on any atom is -0.494 e. The molecule has 100 valence electrons. The lowest BCUT2D eigenvalue weighted by atomic mass is 10.3. The van der Waals surface area contributed by atoms with Gasteiger partial charge < -0.3 is 4.74 Å². The Morgan fingerprint density at radius 3 is 2.05 bits per heavy atom. The van der Waals surface area contributed by atoms with Gasteiger partial charge in [0.25, 0.3) is 6.69 Å². The quantitative estimate of drug-likeness (QED) is 0.439. The lowest BCUT2D eigenvalue weighted by Gasteiger charge is -2.17. The molecular weight excluding hydrogens is 295 g/mol. The van der Waals surface area contributed by atoms with Gasteiger partial charge in [0.1, 0.15) is 5.75 Å². The molecular formula is C15H16Cl2OSi. The van der Waals surface area contributed by atoms with Gasteiger partial charge in [-0.25, -0.2) is 0 Å². The first-order valence-electron chi connectivity index (χ1n) is 6.30. The van der Waals surface area contributed by atoms with Crippen LogP contribution in [0.3, 0.4) is 0 Å². The van der Waals surface area contributed by atoms with Crippen molar-refractivity contribution in [3.63, 3.8) is 0 Å². The summed E-state index contributed by atoms with van der Waals surface area (Å²) >= 11 is 13.0. The molecule has 2 aromatic rings. The summed E-state index contributed by atoms with van der Waals surface area (Å²) in [6.45, 7) is -1.71. The molecule has 0 aromatic heterocycles. The predicted molar refractivity (Wildman–Crippen MR) is 84.9 cm³/mol. The first-order valence-corrected chi connectivity index (χ1v) is 10.5. The highest BCUT2D eigenvalue weighted by atomic mass is 35.7. The van der Waals surface area contributed by atoms with Crippen LogP contribution in [0.15, 0.2) is 60.7 Å². The standard InChI is InChI=1S/C15H16Cl2OSi/c16-19(17,15-10-5-2-6-11-15)13-7-12-18-14-8-3-1-4-9-14/h1-6,8-11H,7,12-13H2. The van der Waals surface area contributed by atoms with Gasteiger partial charge >= 0.3 is 0 Å². The zero-order valence-electron chi connectivity index (χ0n) is 10.6. The molecule has 0 fully saturated rings. The first-order chi connectivity index (χ1) is 9.18. The summed E-state index contributed by atoms with van der Waals surface area (Å²) in [6, 6.07) is 20.5. The Labute approximate surface area is 124 Å². The number of para-hydroxylation sites is 1. The smallest absolute Gasteiger partial charge is 0.280 e. The van der Waals surface area contributed by atoms with Crippen LogP contribution in [0.4, 0.5) is 0 Å². The van der Waals surface area contributed by atoms with Crippen molar-refractivity contribution in [1.82, 2.24) is 0 Å². The van der Waals surface area contributed by atoms with Gasteiger partial charge in [-0.1, -0.05) is 48.5 Å². The van der Waals surface area contributed by atoms with Crippen LogP contribution >= 0.6 is 22.2 Å². The highest BCUT2D eigenvalue weighted by molar-refractivity contribution is 7.50. The van der Waals surface area contributed by atoms with Crippen molar-refractivity contribution in [3.8, 4) is 5.75 Å². The molecule has 0 aliphatic carbocycles. The predicted octanol–water partition coefficient (Wildman–Crippen LogP) is 4.28. The second kappa shape index (κ2) is 6.99. The second-order valence-corrected chi connectivity index (χ2v) is 11.3.